The maximum absolute atomic E-state index is 12.4. The normalized spacial score (nSPS) is 22.8. The van der Waals surface area contributed by atoms with Crippen LogP contribution in [0.4, 0.5) is 13.2 Å². The molecule has 2 N–H and O–H groups in total. The number of carboxylic acids is 1. The molecule has 1 saturated carbocycles. The number of rotatable bonds is 3. The summed E-state index contributed by atoms with van der Waals surface area (Å²) in [6.45, 7) is 0. The lowest BCUT2D eigenvalue weighted by molar-refractivity contribution is -0.143. The number of halogens is 3. The first-order valence-electron chi connectivity index (χ1n) is 6.33. The summed E-state index contributed by atoms with van der Waals surface area (Å²) in [6.07, 6.45) is -2.66. The number of nitrogens with one attached hydrogen (secondary N) is 1. The van der Waals surface area contributed by atoms with Gasteiger partial charge in [0, 0.05) is 11.4 Å². The lowest BCUT2D eigenvalue weighted by Crippen LogP contribution is -2.38. The Labute approximate surface area is 122 Å². The number of hydrogen-bond acceptors (Lipinski definition) is 4. The van der Waals surface area contributed by atoms with Crippen LogP contribution >= 0.6 is 11.3 Å². The molecule has 0 bridgehead atoms. The van der Waals surface area contributed by atoms with Gasteiger partial charge in [-0.2, -0.15) is 13.2 Å². The van der Waals surface area contributed by atoms with Gasteiger partial charge >= 0.3 is 12.1 Å². The van der Waals surface area contributed by atoms with Gasteiger partial charge in [-0.25, -0.2) is 4.98 Å². The molecule has 1 fully saturated rings. The van der Waals surface area contributed by atoms with Crippen molar-refractivity contribution in [2.45, 2.75) is 37.9 Å². The summed E-state index contributed by atoms with van der Waals surface area (Å²) in [5, 5.41) is 11.5. The first-order chi connectivity index (χ1) is 9.77. The van der Waals surface area contributed by atoms with Crippen molar-refractivity contribution in [2.75, 3.05) is 0 Å². The fraction of sp³-hybridized carbons (Fsp3) is 0.583. The third kappa shape index (κ3) is 3.93. The molecule has 116 valence electrons. The van der Waals surface area contributed by atoms with Gasteiger partial charge in [0.1, 0.15) is 5.69 Å². The van der Waals surface area contributed by atoms with Crippen LogP contribution in [0.3, 0.4) is 0 Å². The molecule has 0 atom stereocenters. The molecule has 1 amide bonds. The minimum Gasteiger partial charge on any atom is -0.481 e. The van der Waals surface area contributed by atoms with Gasteiger partial charge in [-0.3, -0.25) is 9.59 Å². The molecular formula is C12H13F3N2O3S. The van der Waals surface area contributed by atoms with Gasteiger partial charge < -0.3 is 10.4 Å². The fourth-order valence-corrected chi connectivity index (χ4v) is 2.92. The fourth-order valence-electron chi connectivity index (χ4n) is 2.25. The zero-order valence-corrected chi connectivity index (χ0v) is 11.6. The molecule has 1 aliphatic rings. The molecule has 5 nitrogen and oxygen atoms in total. The van der Waals surface area contributed by atoms with Gasteiger partial charge in [0.05, 0.1) is 5.92 Å². The van der Waals surface area contributed by atoms with E-state index in [-0.39, 0.29) is 11.7 Å². The summed E-state index contributed by atoms with van der Waals surface area (Å²) < 4.78 is 37.2. The first kappa shape index (κ1) is 15.7. The summed E-state index contributed by atoms with van der Waals surface area (Å²) in [7, 11) is 0. The Balaban J connectivity index is 1.91. The molecule has 2 rings (SSSR count). The Hall–Kier alpha value is -1.64. The van der Waals surface area contributed by atoms with E-state index >= 15 is 0 Å². The molecule has 0 saturated heterocycles. The van der Waals surface area contributed by atoms with Crippen molar-refractivity contribution in [2.24, 2.45) is 5.92 Å². The molecule has 0 spiro atoms. The topological polar surface area (TPSA) is 79.3 Å². The van der Waals surface area contributed by atoms with E-state index in [0.717, 1.165) is 5.38 Å². The Kier molecular flexibility index (Phi) is 4.50. The van der Waals surface area contributed by atoms with Gasteiger partial charge in [0.2, 0.25) is 0 Å². The molecule has 1 heterocycles. The maximum atomic E-state index is 12.4. The summed E-state index contributed by atoms with van der Waals surface area (Å²) in [6, 6.07) is -0.218. The summed E-state index contributed by atoms with van der Waals surface area (Å²) in [4.78, 5) is 25.9. The second-order valence-electron chi connectivity index (χ2n) is 4.90. The second kappa shape index (κ2) is 6.00. The van der Waals surface area contributed by atoms with Crippen molar-refractivity contribution in [3.05, 3.63) is 16.1 Å². The number of carboxylic acid groups (broad SMARTS) is 1. The molecule has 1 aliphatic carbocycles. The van der Waals surface area contributed by atoms with Crippen LogP contribution in [0.25, 0.3) is 0 Å². The van der Waals surface area contributed by atoms with Crippen LogP contribution in [0.1, 0.15) is 41.2 Å². The van der Waals surface area contributed by atoms with E-state index in [1.165, 1.54) is 0 Å². The Morgan fingerprint density at radius 3 is 2.38 bits per heavy atom. The Bertz CT molecular complexity index is 536. The Morgan fingerprint density at radius 2 is 1.90 bits per heavy atom. The molecule has 9 heteroatoms. The highest BCUT2D eigenvalue weighted by molar-refractivity contribution is 7.09. The SMILES string of the molecule is O=C(NC1CCC(C(=O)O)CC1)c1csc(C(F)(F)F)n1. The van der Waals surface area contributed by atoms with Gasteiger partial charge in [0.25, 0.3) is 5.91 Å². The largest absolute Gasteiger partial charge is 0.481 e. The summed E-state index contributed by atoms with van der Waals surface area (Å²) in [5.41, 5.74) is -0.257. The van der Waals surface area contributed by atoms with Crippen LogP contribution < -0.4 is 5.32 Å². The van der Waals surface area contributed by atoms with E-state index in [9.17, 15) is 22.8 Å². The minimum absolute atomic E-state index is 0.218. The minimum atomic E-state index is -4.55. The van der Waals surface area contributed by atoms with Crippen molar-refractivity contribution in [3.63, 3.8) is 0 Å². The van der Waals surface area contributed by atoms with Crippen LogP contribution in [-0.4, -0.2) is 28.0 Å². The maximum Gasteiger partial charge on any atom is 0.443 e. The number of nitrogens with zero attached hydrogens (tertiary/aromatic N) is 1. The van der Waals surface area contributed by atoms with Crippen molar-refractivity contribution >= 4 is 23.2 Å². The molecule has 0 aliphatic heterocycles. The third-order valence-corrected chi connectivity index (χ3v) is 4.28. The van der Waals surface area contributed by atoms with Crippen LogP contribution in [0, 0.1) is 5.92 Å². The predicted molar refractivity (Wildman–Crippen MR) is 68.0 cm³/mol. The van der Waals surface area contributed by atoms with E-state index in [1.54, 1.807) is 0 Å². The molecule has 0 aromatic carbocycles. The molecular weight excluding hydrogens is 309 g/mol. The molecule has 1 aromatic heterocycles. The molecule has 0 radical (unpaired) electrons. The predicted octanol–water partition coefficient (Wildman–Crippen LogP) is 2.54. The van der Waals surface area contributed by atoms with Crippen molar-refractivity contribution in [1.82, 2.24) is 10.3 Å². The van der Waals surface area contributed by atoms with E-state index in [2.05, 4.69) is 10.3 Å². The number of aromatic nitrogens is 1. The molecule has 0 unspecified atom stereocenters. The number of carbonyl (C=O) groups is 2. The van der Waals surface area contributed by atoms with Crippen molar-refractivity contribution in [1.29, 1.82) is 0 Å². The number of amides is 1. The van der Waals surface area contributed by atoms with Gasteiger partial charge in [-0.1, -0.05) is 0 Å². The first-order valence-corrected chi connectivity index (χ1v) is 7.21. The Morgan fingerprint density at radius 1 is 1.29 bits per heavy atom. The highest BCUT2D eigenvalue weighted by Crippen LogP contribution is 2.31. The third-order valence-electron chi connectivity index (χ3n) is 3.39. The molecule has 21 heavy (non-hydrogen) atoms. The molecule has 1 aromatic rings. The quantitative estimate of drug-likeness (QED) is 0.896. The van der Waals surface area contributed by atoms with Crippen molar-refractivity contribution < 1.29 is 27.9 Å². The number of hydrogen-bond donors (Lipinski definition) is 2. The smallest absolute Gasteiger partial charge is 0.443 e. The lowest BCUT2D eigenvalue weighted by Gasteiger charge is -2.26. The van der Waals surface area contributed by atoms with Crippen LogP contribution in [0.15, 0.2) is 5.38 Å². The van der Waals surface area contributed by atoms with E-state index < -0.39 is 29.0 Å². The highest BCUT2D eigenvalue weighted by atomic mass is 32.1. The zero-order valence-electron chi connectivity index (χ0n) is 10.8. The van der Waals surface area contributed by atoms with Crippen LogP contribution in [0.2, 0.25) is 0 Å². The monoisotopic (exact) mass is 322 g/mol. The average Bonchev–Trinajstić information content (AvgIpc) is 2.88. The lowest BCUT2D eigenvalue weighted by atomic mass is 9.86. The summed E-state index contributed by atoms with van der Waals surface area (Å²) >= 11 is 0.376. The van der Waals surface area contributed by atoms with Crippen LogP contribution in [0.5, 0.6) is 0 Å². The van der Waals surface area contributed by atoms with Crippen LogP contribution in [-0.2, 0) is 11.0 Å². The number of thiazole rings is 1. The zero-order chi connectivity index (χ0) is 15.6. The summed E-state index contributed by atoms with van der Waals surface area (Å²) in [5.74, 6) is -1.91. The average molecular weight is 322 g/mol. The van der Waals surface area contributed by atoms with Gasteiger partial charge in [-0.15, -0.1) is 11.3 Å². The van der Waals surface area contributed by atoms with Gasteiger partial charge in [0.15, 0.2) is 5.01 Å². The number of aliphatic carboxylic acids is 1. The number of alkyl halides is 3. The number of carbonyl (C=O) groups excluding carboxylic acids is 1. The van der Waals surface area contributed by atoms with E-state index in [4.69, 9.17) is 5.11 Å². The van der Waals surface area contributed by atoms with Crippen molar-refractivity contribution in [3.8, 4) is 0 Å². The van der Waals surface area contributed by atoms with E-state index in [0.29, 0.717) is 37.0 Å². The van der Waals surface area contributed by atoms with Gasteiger partial charge in [-0.05, 0) is 25.7 Å². The standard InChI is InChI=1S/C12H13F3N2O3S/c13-12(14,15)11-17-8(5-21-11)9(18)16-7-3-1-6(2-4-7)10(19)20/h5-7H,1-4H2,(H,16,18)(H,19,20). The second-order valence-corrected chi connectivity index (χ2v) is 5.75. The highest BCUT2D eigenvalue weighted by Gasteiger charge is 2.35. The van der Waals surface area contributed by atoms with E-state index in [1.807, 2.05) is 0 Å².